The molecule has 2 aromatic heterocycles. The third kappa shape index (κ3) is 3.04. The van der Waals surface area contributed by atoms with E-state index in [4.69, 9.17) is 5.73 Å². The molecule has 0 bridgehead atoms. The maximum Gasteiger partial charge on any atom is 0.147 e. The highest BCUT2D eigenvalue weighted by atomic mass is 32.1. The predicted molar refractivity (Wildman–Crippen MR) is 82.5 cm³/mol. The summed E-state index contributed by atoms with van der Waals surface area (Å²) in [5.41, 5.74) is 8.05. The minimum atomic E-state index is 0.587. The first kappa shape index (κ1) is 13.8. The zero-order chi connectivity index (χ0) is 13.8. The van der Waals surface area contributed by atoms with Crippen LogP contribution >= 0.6 is 11.5 Å². The molecule has 0 spiro atoms. The maximum absolute atomic E-state index is 6.02. The van der Waals surface area contributed by atoms with Gasteiger partial charge in [-0.25, -0.2) is 0 Å². The van der Waals surface area contributed by atoms with Gasteiger partial charge >= 0.3 is 0 Å². The Labute approximate surface area is 118 Å². The van der Waals surface area contributed by atoms with Crippen LogP contribution in [0.2, 0.25) is 0 Å². The van der Waals surface area contributed by atoms with Crippen molar-refractivity contribution < 1.29 is 0 Å². The lowest BCUT2D eigenvalue weighted by atomic mass is 10.1. The number of anilines is 2. The van der Waals surface area contributed by atoms with Crippen LogP contribution in [0, 0.1) is 5.92 Å². The molecular formula is C14H20N4S. The minimum absolute atomic E-state index is 0.587. The van der Waals surface area contributed by atoms with Crippen LogP contribution in [0.3, 0.4) is 0 Å². The second-order valence-corrected chi connectivity index (χ2v) is 5.64. The van der Waals surface area contributed by atoms with Crippen molar-refractivity contribution in [3.05, 3.63) is 24.5 Å². The fourth-order valence-electron chi connectivity index (χ4n) is 2.02. The fraction of sp³-hybridized carbons (Fsp3) is 0.429. The molecule has 0 aliphatic carbocycles. The van der Waals surface area contributed by atoms with Crippen LogP contribution in [0.1, 0.15) is 20.3 Å². The minimum Gasteiger partial charge on any atom is -0.382 e. The lowest BCUT2D eigenvalue weighted by molar-refractivity contribution is 0.561. The van der Waals surface area contributed by atoms with Crippen LogP contribution < -0.4 is 10.6 Å². The highest BCUT2D eigenvalue weighted by molar-refractivity contribution is 7.11. The van der Waals surface area contributed by atoms with Gasteiger partial charge in [-0.3, -0.25) is 4.98 Å². The van der Waals surface area contributed by atoms with E-state index in [-0.39, 0.29) is 0 Å². The van der Waals surface area contributed by atoms with E-state index in [0.717, 1.165) is 22.7 Å². The summed E-state index contributed by atoms with van der Waals surface area (Å²) in [5, 5.41) is 1.12. The summed E-state index contributed by atoms with van der Waals surface area (Å²) in [5.74, 6) is 1.24. The Morgan fingerprint density at radius 2 is 2.26 bits per heavy atom. The van der Waals surface area contributed by atoms with Crippen molar-refractivity contribution in [2.24, 2.45) is 5.92 Å². The SMILES string of the molecule is CCC(C)CN(C)c1snc(N)c1-c1cccnc1. The van der Waals surface area contributed by atoms with Crippen LogP contribution in [0.4, 0.5) is 10.8 Å². The average molecular weight is 276 g/mol. The van der Waals surface area contributed by atoms with E-state index >= 15 is 0 Å². The Bertz CT molecular complexity index is 523. The van der Waals surface area contributed by atoms with Gasteiger partial charge in [-0.1, -0.05) is 26.3 Å². The molecule has 5 heteroatoms. The molecule has 0 radical (unpaired) electrons. The summed E-state index contributed by atoms with van der Waals surface area (Å²) in [7, 11) is 2.10. The number of hydrogen-bond donors (Lipinski definition) is 1. The van der Waals surface area contributed by atoms with Crippen LogP contribution in [0.15, 0.2) is 24.5 Å². The van der Waals surface area contributed by atoms with Crippen LogP contribution in [0.5, 0.6) is 0 Å². The van der Waals surface area contributed by atoms with Gasteiger partial charge in [0.25, 0.3) is 0 Å². The number of nitrogen functional groups attached to an aromatic ring is 1. The molecule has 0 aromatic carbocycles. The molecule has 0 fully saturated rings. The van der Waals surface area contributed by atoms with E-state index in [2.05, 4.69) is 35.2 Å². The quantitative estimate of drug-likeness (QED) is 0.910. The number of nitrogens with zero attached hydrogens (tertiary/aromatic N) is 3. The molecule has 1 unspecified atom stereocenters. The third-order valence-electron chi connectivity index (χ3n) is 3.28. The molecule has 4 nitrogen and oxygen atoms in total. The van der Waals surface area contributed by atoms with Crippen LogP contribution in [-0.4, -0.2) is 22.9 Å². The molecule has 0 aliphatic heterocycles. The second kappa shape index (κ2) is 6.02. The summed E-state index contributed by atoms with van der Waals surface area (Å²) in [4.78, 5) is 6.40. The monoisotopic (exact) mass is 276 g/mol. The summed E-state index contributed by atoms with van der Waals surface area (Å²) in [6.45, 7) is 5.47. The van der Waals surface area contributed by atoms with Crippen molar-refractivity contribution >= 4 is 22.4 Å². The largest absolute Gasteiger partial charge is 0.382 e. The first-order chi connectivity index (χ1) is 9.13. The molecule has 2 rings (SSSR count). The highest BCUT2D eigenvalue weighted by Crippen LogP contribution is 2.38. The van der Waals surface area contributed by atoms with Gasteiger partial charge in [-0.2, -0.15) is 4.37 Å². The molecule has 2 N–H and O–H groups in total. The first-order valence-corrected chi connectivity index (χ1v) is 7.27. The van der Waals surface area contributed by atoms with Gasteiger partial charge in [0.2, 0.25) is 0 Å². The van der Waals surface area contributed by atoms with E-state index in [1.165, 1.54) is 18.0 Å². The molecule has 2 heterocycles. The van der Waals surface area contributed by atoms with Crippen molar-refractivity contribution in [2.75, 3.05) is 24.2 Å². The standard InChI is InChI=1S/C14H20N4S/c1-4-10(2)9-18(3)14-12(13(15)17-19-14)11-6-5-7-16-8-11/h5-8,10H,4,9H2,1-3H3,(H2,15,17). The molecule has 0 amide bonds. The summed E-state index contributed by atoms with van der Waals surface area (Å²) >= 11 is 1.45. The zero-order valence-electron chi connectivity index (χ0n) is 11.6. The van der Waals surface area contributed by atoms with Gasteiger partial charge < -0.3 is 10.6 Å². The highest BCUT2D eigenvalue weighted by Gasteiger charge is 2.18. The first-order valence-electron chi connectivity index (χ1n) is 6.50. The molecule has 19 heavy (non-hydrogen) atoms. The lowest BCUT2D eigenvalue weighted by Crippen LogP contribution is -2.23. The molecule has 1 atom stereocenters. The Morgan fingerprint density at radius 3 is 2.89 bits per heavy atom. The smallest absolute Gasteiger partial charge is 0.147 e. The van der Waals surface area contributed by atoms with Gasteiger partial charge in [-0.05, 0) is 23.5 Å². The second-order valence-electron chi connectivity index (χ2n) is 4.88. The molecule has 2 aromatic rings. The zero-order valence-corrected chi connectivity index (χ0v) is 12.4. The van der Waals surface area contributed by atoms with Gasteiger partial charge in [0.05, 0.1) is 5.56 Å². The topological polar surface area (TPSA) is 55.0 Å². The van der Waals surface area contributed by atoms with Gasteiger partial charge in [-0.15, -0.1) is 0 Å². The Kier molecular flexibility index (Phi) is 4.37. The number of hydrogen-bond acceptors (Lipinski definition) is 5. The predicted octanol–water partition coefficient (Wildman–Crippen LogP) is 3.27. The van der Waals surface area contributed by atoms with E-state index in [1.807, 2.05) is 18.3 Å². The van der Waals surface area contributed by atoms with Crippen molar-refractivity contribution in [1.29, 1.82) is 0 Å². The summed E-state index contributed by atoms with van der Waals surface area (Å²) in [6.07, 6.45) is 4.77. The van der Waals surface area contributed by atoms with E-state index in [1.54, 1.807) is 6.20 Å². The van der Waals surface area contributed by atoms with E-state index in [9.17, 15) is 0 Å². The Morgan fingerprint density at radius 1 is 1.47 bits per heavy atom. The molecule has 0 saturated heterocycles. The molecule has 0 saturated carbocycles. The fourth-order valence-corrected chi connectivity index (χ4v) is 2.82. The van der Waals surface area contributed by atoms with E-state index < -0.39 is 0 Å². The average Bonchev–Trinajstić information content (AvgIpc) is 2.81. The lowest BCUT2D eigenvalue weighted by Gasteiger charge is -2.22. The third-order valence-corrected chi connectivity index (χ3v) is 4.26. The maximum atomic E-state index is 6.02. The van der Waals surface area contributed by atoms with Crippen molar-refractivity contribution in [2.45, 2.75) is 20.3 Å². The Balaban J connectivity index is 2.33. The van der Waals surface area contributed by atoms with Crippen molar-refractivity contribution in [3.63, 3.8) is 0 Å². The number of pyridine rings is 1. The van der Waals surface area contributed by atoms with Gasteiger partial charge in [0.1, 0.15) is 10.8 Å². The number of rotatable bonds is 5. The van der Waals surface area contributed by atoms with Crippen LogP contribution in [-0.2, 0) is 0 Å². The summed E-state index contributed by atoms with van der Waals surface area (Å²) in [6, 6.07) is 3.94. The molecule has 0 aliphatic rings. The number of aromatic nitrogens is 2. The van der Waals surface area contributed by atoms with Crippen molar-refractivity contribution in [3.8, 4) is 11.1 Å². The number of nitrogens with two attached hydrogens (primary N) is 1. The van der Waals surface area contributed by atoms with Crippen molar-refractivity contribution in [1.82, 2.24) is 9.36 Å². The Hall–Kier alpha value is -1.62. The van der Waals surface area contributed by atoms with Gasteiger partial charge in [0.15, 0.2) is 0 Å². The van der Waals surface area contributed by atoms with Crippen LogP contribution in [0.25, 0.3) is 11.1 Å². The van der Waals surface area contributed by atoms with E-state index in [0.29, 0.717) is 11.7 Å². The molecular weight excluding hydrogens is 256 g/mol. The molecule has 102 valence electrons. The van der Waals surface area contributed by atoms with Gasteiger partial charge in [0, 0.05) is 31.5 Å². The summed E-state index contributed by atoms with van der Waals surface area (Å²) < 4.78 is 4.30. The normalized spacial score (nSPS) is 12.4.